The smallest absolute Gasteiger partial charge is 0.416 e. The highest BCUT2D eigenvalue weighted by Crippen LogP contribution is 2.38. The molecule has 0 spiro atoms. The number of nitrogens with zero attached hydrogens (tertiary/aromatic N) is 3. The Morgan fingerprint density at radius 2 is 1.70 bits per heavy atom. The van der Waals surface area contributed by atoms with Crippen LogP contribution in [0.25, 0.3) is 33.3 Å². The average molecular weight is 766 g/mol. The van der Waals surface area contributed by atoms with Gasteiger partial charge in [-0.05, 0) is 79.6 Å². The van der Waals surface area contributed by atoms with Gasteiger partial charge < -0.3 is 27.9 Å². The highest BCUT2D eigenvalue weighted by Gasteiger charge is 2.41. The van der Waals surface area contributed by atoms with Crippen LogP contribution in [-0.4, -0.2) is 52.8 Å². The molecule has 10 heteroatoms. The lowest BCUT2D eigenvalue weighted by Gasteiger charge is -2.28. The number of carbonyl (C=O) groups is 2. The molecule has 4 aromatic carbocycles. The lowest BCUT2D eigenvalue weighted by molar-refractivity contribution is -0.133. The monoisotopic (exact) mass is 765 g/mol. The van der Waals surface area contributed by atoms with E-state index in [1.54, 1.807) is 7.11 Å². The lowest BCUT2D eigenvalue weighted by Crippen LogP contribution is -2.43. The van der Waals surface area contributed by atoms with Gasteiger partial charge in [0.05, 0.1) is 25.3 Å². The van der Waals surface area contributed by atoms with Gasteiger partial charge in [-0.2, -0.15) is 0 Å². The second kappa shape index (κ2) is 16.4. The van der Waals surface area contributed by atoms with E-state index in [9.17, 15) is 9.59 Å². The van der Waals surface area contributed by atoms with Crippen molar-refractivity contribution in [3.63, 3.8) is 0 Å². The molecule has 8 rings (SSSR count). The van der Waals surface area contributed by atoms with Gasteiger partial charge in [-0.25, -0.2) is 14.7 Å². The summed E-state index contributed by atoms with van der Waals surface area (Å²) in [6, 6.07) is 29.9. The van der Waals surface area contributed by atoms with Gasteiger partial charge in [0.2, 0.25) is 11.8 Å². The number of oxazole rings is 1. The van der Waals surface area contributed by atoms with Gasteiger partial charge in [-0.1, -0.05) is 86.7 Å². The molecule has 1 fully saturated rings. The Balaban J connectivity index is 0.956. The molecule has 4 atom stereocenters. The Hall–Kier alpha value is -6.29. The fraction of sp³-hybridized carbons (Fsp3) is 0.298. The van der Waals surface area contributed by atoms with E-state index in [-0.39, 0.29) is 31.1 Å². The summed E-state index contributed by atoms with van der Waals surface area (Å²) >= 11 is 0. The third kappa shape index (κ3) is 7.77. The van der Waals surface area contributed by atoms with Gasteiger partial charge >= 0.3 is 6.09 Å². The lowest BCUT2D eigenvalue weighted by atomic mass is 9.85. The molecule has 6 aromatic rings. The van der Waals surface area contributed by atoms with Crippen molar-refractivity contribution in [2.75, 3.05) is 20.3 Å². The van der Waals surface area contributed by atoms with Crippen LogP contribution in [0.15, 0.2) is 120 Å². The topological polar surface area (TPSA) is 105 Å². The summed E-state index contributed by atoms with van der Waals surface area (Å²) in [6.45, 7) is 7.26. The van der Waals surface area contributed by atoms with Gasteiger partial charge in [-0.3, -0.25) is 4.79 Å². The predicted octanol–water partition coefficient (Wildman–Crippen LogP) is 9.91. The molecule has 0 saturated carbocycles. The number of aromatic nitrogens is 2. The van der Waals surface area contributed by atoms with E-state index in [0.29, 0.717) is 55.1 Å². The molecule has 1 aliphatic carbocycles. The average Bonchev–Trinajstić information content (AvgIpc) is 3.90. The summed E-state index contributed by atoms with van der Waals surface area (Å²) < 4.78 is 32.0. The van der Waals surface area contributed by atoms with Gasteiger partial charge in [0.1, 0.15) is 30.4 Å². The summed E-state index contributed by atoms with van der Waals surface area (Å²) in [5.74, 6) is 3.18. The number of amides is 2. The highest BCUT2D eigenvalue weighted by atomic mass is 16.6. The predicted molar refractivity (Wildman–Crippen MR) is 219 cm³/mol. The minimum absolute atomic E-state index is 0.221. The zero-order valence-electron chi connectivity index (χ0n) is 32.7. The number of carbonyl (C=O) groups excluding carboxylic acids is 2. The van der Waals surface area contributed by atoms with Crippen LogP contribution in [0, 0.1) is 24.7 Å². The zero-order chi connectivity index (χ0) is 39.5. The maximum atomic E-state index is 13.6. The van der Waals surface area contributed by atoms with Crippen LogP contribution in [0.2, 0.25) is 0 Å². The molecule has 0 radical (unpaired) electrons. The van der Waals surface area contributed by atoms with Gasteiger partial charge in [0.25, 0.3) is 0 Å². The van der Waals surface area contributed by atoms with Crippen LogP contribution in [-0.2, 0) is 22.7 Å². The minimum Gasteiger partial charge on any atom is -0.493 e. The molecular formula is C47H47N3O7. The molecule has 2 amide bonds. The number of para-hydroxylation sites is 1. The molecule has 3 unspecified atom stereocenters. The SMILES string of the molecule is COc1cc(Cn2c3ccccc3c3c(OCCC(C)C(=O)N4C(=O)OC[C@@H]4CC4C=CC=CC4C)cccc32)ccc1OCc1nc(-c2ccccc2)oc1C. The van der Waals surface area contributed by atoms with Gasteiger partial charge in [0.15, 0.2) is 11.5 Å². The second-order valence-electron chi connectivity index (χ2n) is 14.9. The molecule has 10 nitrogen and oxygen atoms in total. The normalized spacial score (nSPS) is 18.3. The first kappa shape index (κ1) is 37.6. The number of hydrogen-bond donors (Lipinski definition) is 0. The number of allylic oxidation sites excluding steroid dienone is 4. The Bertz CT molecular complexity index is 2460. The van der Waals surface area contributed by atoms with Crippen LogP contribution in [0.4, 0.5) is 4.79 Å². The Labute approximate surface area is 332 Å². The van der Waals surface area contributed by atoms with Crippen LogP contribution in [0.1, 0.15) is 43.7 Å². The molecule has 57 heavy (non-hydrogen) atoms. The molecule has 1 aliphatic heterocycles. The van der Waals surface area contributed by atoms with Crippen molar-refractivity contribution in [1.29, 1.82) is 0 Å². The summed E-state index contributed by atoms with van der Waals surface area (Å²) in [6.07, 6.45) is 8.95. The van der Waals surface area contributed by atoms with E-state index in [1.807, 2.05) is 98.8 Å². The number of rotatable bonds is 14. The molecular weight excluding hydrogens is 719 g/mol. The summed E-state index contributed by atoms with van der Waals surface area (Å²) in [5, 5.41) is 2.07. The van der Waals surface area contributed by atoms with Crippen molar-refractivity contribution in [3.05, 3.63) is 132 Å². The maximum Gasteiger partial charge on any atom is 0.416 e. The molecule has 2 aromatic heterocycles. The van der Waals surface area contributed by atoms with Gasteiger partial charge in [-0.15, -0.1) is 0 Å². The summed E-state index contributed by atoms with van der Waals surface area (Å²) in [4.78, 5) is 32.4. The minimum atomic E-state index is -0.558. The van der Waals surface area contributed by atoms with E-state index in [1.165, 1.54) is 4.90 Å². The molecule has 1 saturated heterocycles. The number of hydrogen-bond acceptors (Lipinski definition) is 8. The van der Waals surface area contributed by atoms with Crippen molar-refractivity contribution >= 4 is 33.8 Å². The Kier molecular flexibility index (Phi) is 10.8. The number of ether oxygens (including phenoxy) is 4. The van der Waals surface area contributed by atoms with E-state index >= 15 is 0 Å². The molecule has 2 aliphatic rings. The van der Waals surface area contributed by atoms with Crippen molar-refractivity contribution in [2.45, 2.75) is 52.8 Å². The number of aryl methyl sites for hydroxylation is 1. The number of methoxy groups -OCH3 is 1. The molecule has 0 N–H and O–H groups in total. The van der Waals surface area contributed by atoms with E-state index in [4.69, 9.17) is 23.4 Å². The van der Waals surface area contributed by atoms with Crippen molar-refractivity contribution in [2.24, 2.45) is 17.8 Å². The summed E-state index contributed by atoms with van der Waals surface area (Å²) in [7, 11) is 1.64. The van der Waals surface area contributed by atoms with E-state index in [0.717, 1.165) is 44.4 Å². The standard InChI is InChI=1S/C47H47N3O7/c1-30-13-8-9-16-35(30)26-36-28-56-47(52)50(36)46(51)31(2)23-24-54-42-20-12-19-40-44(42)37-17-10-11-18-39(37)49(40)27-33-21-22-41(43(25-33)53-4)55-29-38-32(3)57-45(48-38)34-14-6-5-7-15-34/h5-22,25,30-31,35-36H,23-24,26-29H2,1-4H3/t30?,31?,35?,36-/m0/s1. The largest absolute Gasteiger partial charge is 0.493 e. The number of fused-ring (bicyclic) bond motifs is 3. The van der Waals surface area contributed by atoms with Crippen molar-refractivity contribution < 1.29 is 33.0 Å². The zero-order valence-corrected chi connectivity index (χ0v) is 32.7. The molecule has 292 valence electrons. The third-order valence-electron chi connectivity index (χ3n) is 11.1. The van der Waals surface area contributed by atoms with Crippen LogP contribution < -0.4 is 14.2 Å². The first-order chi connectivity index (χ1) is 27.8. The number of imide groups is 1. The summed E-state index contributed by atoms with van der Waals surface area (Å²) in [5.41, 5.74) is 4.77. The molecule has 0 bridgehead atoms. The number of cyclic esters (lactones) is 1. The van der Waals surface area contributed by atoms with E-state index in [2.05, 4.69) is 46.8 Å². The molecule has 3 heterocycles. The van der Waals surface area contributed by atoms with Crippen LogP contribution in [0.5, 0.6) is 17.2 Å². The van der Waals surface area contributed by atoms with Crippen molar-refractivity contribution in [1.82, 2.24) is 14.5 Å². The van der Waals surface area contributed by atoms with Crippen molar-refractivity contribution in [3.8, 4) is 28.7 Å². The highest BCUT2D eigenvalue weighted by molar-refractivity contribution is 6.11. The first-order valence-corrected chi connectivity index (χ1v) is 19.6. The quantitative estimate of drug-likeness (QED) is 0.108. The Morgan fingerprint density at radius 3 is 2.53 bits per heavy atom. The third-order valence-corrected chi connectivity index (χ3v) is 11.1. The first-order valence-electron chi connectivity index (χ1n) is 19.6. The van der Waals surface area contributed by atoms with E-state index < -0.39 is 12.0 Å². The van der Waals surface area contributed by atoms with Crippen LogP contribution >= 0.6 is 0 Å². The fourth-order valence-corrected chi connectivity index (χ4v) is 7.86. The fourth-order valence-electron chi connectivity index (χ4n) is 7.86. The van der Waals surface area contributed by atoms with Gasteiger partial charge in [0, 0.05) is 34.3 Å². The van der Waals surface area contributed by atoms with Crippen LogP contribution in [0.3, 0.4) is 0 Å². The maximum absolute atomic E-state index is 13.6. The second-order valence-corrected chi connectivity index (χ2v) is 14.9. The number of benzene rings is 4. The Morgan fingerprint density at radius 1 is 0.912 bits per heavy atom.